The zero-order chi connectivity index (χ0) is 10.6. The van der Waals surface area contributed by atoms with Gasteiger partial charge in [0.05, 0.1) is 7.11 Å². The fourth-order valence-corrected chi connectivity index (χ4v) is 1.27. The molecule has 0 bridgehead atoms. The average molecular weight is 196 g/mol. The minimum atomic E-state index is -0.372. The predicted molar refractivity (Wildman–Crippen MR) is 51.9 cm³/mol. The summed E-state index contributed by atoms with van der Waals surface area (Å²) >= 11 is 0. The molecule has 1 atom stereocenters. The van der Waals surface area contributed by atoms with Crippen molar-refractivity contribution in [1.82, 2.24) is 0 Å². The Morgan fingerprint density at radius 3 is 2.86 bits per heavy atom. The van der Waals surface area contributed by atoms with Crippen molar-refractivity contribution in [2.75, 3.05) is 7.11 Å². The number of ether oxygens (including phenoxy) is 1. The second-order valence-electron chi connectivity index (χ2n) is 3.25. The summed E-state index contributed by atoms with van der Waals surface area (Å²) in [6.45, 7) is 1.76. The summed E-state index contributed by atoms with van der Waals surface area (Å²) in [6, 6.07) is 4.94. The van der Waals surface area contributed by atoms with Crippen molar-refractivity contribution in [1.29, 1.82) is 0 Å². The molecular formula is C11H13FO2. The quantitative estimate of drug-likeness (QED) is 0.690. The van der Waals surface area contributed by atoms with Crippen molar-refractivity contribution in [2.45, 2.75) is 13.3 Å². The van der Waals surface area contributed by atoms with Crippen molar-refractivity contribution < 1.29 is 13.9 Å². The first kappa shape index (κ1) is 10.7. The highest BCUT2D eigenvalue weighted by Gasteiger charge is 2.10. The Morgan fingerprint density at radius 2 is 2.29 bits per heavy atom. The fraction of sp³-hybridized carbons (Fsp3) is 0.364. The van der Waals surface area contributed by atoms with Crippen molar-refractivity contribution in [3.05, 3.63) is 29.6 Å². The molecule has 0 heterocycles. The number of hydrogen-bond donors (Lipinski definition) is 0. The molecule has 0 aliphatic rings. The SMILES string of the molecule is COc1cccc(CC(C)C=O)c1F. The minimum absolute atomic E-state index is 0.170. The summed E-state index contributed by atoms with van der Waals surface area (Å²) in [4.78, 5) is 10.4. The lowest BCUT2D eigenvalue weighted by Gasteiger charge is -2.08. The van der Waals surface area contributed by atoms with Crippen molar-refractivity contribution in [2.24, 2.45) is 5.92 Å². The Balaban J connectivity index is 2.91. The Bertz CT molecular complexity index is 323. The van der Waals surface area contributed by atoms with Crippen LogP contribution in [0.2, 0.25) is 0 Å². The Morgan fingerprint density at radius 1 is 1.57 bits per heavy atom. The van der Waals surface area contributed by atoms with Crippen LogP contribution in [0.15, 0.2) is 18.2 Å². The van der Waals surface area contributed by atoms with E-state index in [2.05, 4.69) is 0 Å². The number of carbonyl (C=O) groups excluding carboxylic acids is 1. The topological polar surface area (TPSA) is 26.3 Å². The standard InChI is InChI=1S/C11H13FO2/c1-8(7-13)6-9-4-3-5-10(14-2)11(9)12/h3-5,7-8H,6H2,1-2H3. The molecule has 0 aromatic heterocycles. The number of carbonyl (C=O) groups is 1. The highest BCUT2D eigenvalue weighted by atomic mass is 19.1. The molecule has 0 fully saturated rings. The van der Waals surface area contributed by atoms with Gasteiger partial charge in [0.25, 0.3) is 0 Å². The van der Waals surface area contributed by atoms with Gasteiger partial charge in [-0.1, -0.05) is 19.1 Å². The van der Waals surface area contributed by atoms with Crippen molar-refractivity contribution in [3.63, 3.8) is 0 Å². The van der Waals surface area contributed by atoms with Crippen molar-refractivity contribution >= 4 is 6.29 Å². The lowest BCUT2D eigenvalue weighted by molar-refractivity contribution is -0.110. The largest absolute Gasteiger partial charge is 0.494 e. The van der Waals surface area contributed by atoms with Crippen LogP contribution in [0.3, 0.4) is 0 Å². The minimum Gasteiger partial charge on any atom is -0.494 e. The van der Waals surface area contributed by atoms with Gasteiger partial charge in [0.15, 0.2) is 11.6 Å². The van der Waals surface area contributed by atoms with Gasteiger partial charge in [0.2, 0.25) is 0 Å². The lowest BCUT2D eigenvalue weighted by Crippen LogP contribution is -2.03. The summed E-state index contributed by atoms with van der Waals surface area (Å²) in [7, 11) is 1.42. The molecule has 3 heteroatoms. The molecule has 1 aromatic carbocycles. The summed E-state index contributed by atoms with van der Waals surface area (Å²) in [5.74, 6) is -0.319. The number of aldehydes is 1. The lowest BCUT2D eigenvalue weighted by atomic mass is 10.0. The number of benzene rings is 1. The molecule has 0 N–H and O–H groups in total. The molecule has 2 nitrogen and oxygen atoms in total. The molecule has 0 amide bonds. The summed E-state index contributed by atoms with van der Waals surface area (Å²) in [5, 5.41) is 0. The van der Waals surface area contributed by atoms with E-state index in [1.54, 1.807) is 25.1 Å². The monoisotopic (exact) mass is 196 g/mol. The molecule has 14 heavy (non-hydrogen) atoms. The highest BCUT2D eigenvalue weighted by Crippen LogP contribution is 2.21. The molecule has 0 aliphatic carbocycles. The van der Waals surface area contributed by atoms with E-state index in [-0.39, 0.29) is 17.5 Å². The van der Waals surface area contributed by atoms with Crippen LogP contribution in [0, 0.1) is 11.7 Å². The van der Waals surface area contributed by atoms with E-state index < -0.39 is 0 Å². The van der Waals surface area contributed by atoms with E-state index in [1.807, 2.05) is 0 Å². The first-order valence-electron chi connectivity index (χ1n) is 4.45. The fourth-order valence-electron chi connectivity index (χ4n) is 1.27. The van der Waals surface area contributed by atoms with Crippen LogP contribution in [0.25, 0.3) is 0 Å². The predicted octanol–water partition coefficient (Wildman–Crippen LogP) is 2.21. The van der Waals surface area contributed by atoms with Gasteiger partial charge in [-0.05, 0) is 18.1 Å². The molecule has 0 radical (unpaired) electrons. The second-order valence-corrected chi connectivity index (χ2v) is 3.25. The second kappa shape index (κ2) is 4.74. The third kappa shape index (κ3) is 2.31. The van der Waals surface area contributed by atoms with Crippen LogP contribution < -0.4 is 4.74 Å². The molecule has 1 unspecified atom stereocenters. The molecule has 0 saturated heterocycles. The van der Waals surface area contributed by atoms with Crippen LogP contribution in [0.4, 0.5) is 4.39 Å². The third-order valence-electron chi connectivity index (χ3n) is 2.04. The summed E-state index contributed by atoms with van der Waals surface area (Å²) < 4.78 is 18.4. The van der Waals surface area contributed by atoms with E-state index in [0.29, 0.717) is 12.0 Å². The van der Waals surface area contributed by atoms with Gasteiger partial charge in [-0.25, -0.2) is 4.39 Å². The number of rotatable bonds is 4. The van der Waals surface area contributed by atoms with Gasteiger partial charge >= 0.3 is 0 Å². The maximum atomic E-state index is 13.5. The Hall–Kier alpha value is -1.38. The molecular weight excluding hydrogens is 183 g/mol. The van der Waals surface area contributed by atoms with E-state index in [1.165, 1.54) is 7.11 Å². The number of methoxy groups -OCH3 is 1. The van der Waals surface area contributed by atoms with Gasteiger partial charge < -0.3 is 9.53 Å². The van der Waals surface area contributed by atoms with E-state index in [4.69, 9.17) is 4.74 Å². The molecule has 76 valence electrons. The van der Waals surface area contributed by atoms with E-state index in [9.17, 15) is 9.18 Å². The first-order chi connectivity index (χ1) is 6.69. The maximum Gasteiger partial charge on any atom is 0.168 e. The van der Waals surface area contributed by atoms with E-state index >= 15 is 0 Å². The molecule has 0 spiro atoms. The molecule has 1 rings (SSSR count). The van der Waals surface area contributed by atoms with Gasteiger partial charge in [-0.3, -0.25) is 0 Å². The molecule has 0 aliphatic heterocycles. The Kier molecular flexibility index (Phi) is 3.63. The zero-order valence-corrected chi connectivity index (χ0v) is 8.29. The number of halogens is 1. The van der Waals surface area contributed by atoms with Crippen LogP contribution in [-0.2, 0) is 11.2 Å². The van der Waals surface area contributed by atoms with Crippen LogP contribution in [0.1, 0.15) is 12.5 Å². The van der Waals surface area contributed by atoms with Crippen LogP contribution in [-0.4, -0.2) is 13.4 Å². The third-order valence-corrected chi connectivity index (χ3v) is 2.04. The van der Waals surface area contributed by atoms with Crippen LogP contribution >= 0.6 is 0 Å². The van der Waals surface area contributed by atoms with Gasteiger partial charge in [-0.2, -0.15) is 0 Å². The van der Waals surface area contributed by atoms with Gasteiger partial charge in [0.1, 0.15) is 6.29 Å². The smallest absolute Gasteiger partial charge is 0.168 e. The average Bonchev–Trinajstić information content (AvgIpc) is 2.21. The first-order valence-corrected chi connectivity index (χ1v) is 4.45. The van der Waals surface area contributed by atoms with Crippen molar-refractivity contribution in [3.8, 4) is 5.75 Å². The van der Waals surface area contributed by atoms with Gasteiger partial charge in [0, 0.05) is 5.92 Å². The zero-order valence-electron chi connectivity index (χ0n) is 8.29. The summed E-state index contributed by atoms with van der Waals surface area (Å²) in [6.07, 6.45) is 1.23. The Labute approximate surface area is 82.7 Å². The normalized spacial score (nSPS) is 12.2. The van der Waals surface area contributed by atoms with E-state index in [0.717, 1.165) is 6.29 Å². The molecule has 1 aromatic rings. The molecule has 0 saturated carbocycles. The highest BCUT2D eigenvalue weighted by molar-refractivity contribution is 5.53. The maximum absolute atomic E-state index is 13.5. The van der Waals surface area contributed by atoms with Gasteiger partial charge in [-0.15, -0.1) is 0 Å². The van der Waals surface area contributed by atoms with Crippen LogP contribution in [0.5, 0.6) is 5.75 Å². The number of hydrogen-bond acceptors (Lipinski definition) is 2. The summed E-state index contributed by atoms with van der Waals surface area (Å²) in [5.41, 5.74) is 0.518.